The first-order chi connectivity index (χ1) is 6.74. The second-order valence-electron chi connectivity index (χ2n) is 3.32. The molecule has 0 fully saturated rings. The van der Waals surface area contributed by atoms with Crippen LogP contribution in [0.3, 0.4) is 0 Å². The predicted molar refractivity (Wildman–Crippen MR) is 54.8 cm³/mol. The smallest absolute Gasteiger partial charge is 0.122 e. The molecule has 14 heavy (non-hydrogen) atoms. The van der Waals surface area contributed by atoms with Gasteiger partial charge in [-0.25, -0.2) is 0 Å². The minimum atomic E-state index is -0.743. The lowest BCUT2D eigenvalue weighted by Gasteiger charge is -2.16. The molecule has 0 saturated carbocycles. The van der Waals surface area contributed by atoms with Gasteiger partial charge in [-0.3, -0.25) is 0 Å². The number of hydrogen-bond acceptors (Lipinski definition) is 3. The highest BCUT2D eigenvalue weighted by Crippen LogP contribution is 2.05. The van der Waals surface area contributed by atoms with Crippen molar-refractivity contribution in [1.82, 2.24) is 0 Å². The predicted octanol–water partition coefficient (Wildman–Crippen LogP) is 0.506. The molecule has 3 nitrogen and oxygen atoms in total. The van der Waals surface area contributed by atoms with Crippen LogP contribution in [-0.2, 0) is 11.2 Å². The number of aliphatic hydroxyl groups excluding tert-OH is 1. The molecular weight excluding hydrogens is 178 g/mol. The third-order valence-electron chi connectivity index (χ3n) is 2.15. The van der Waals surface area contributed by atoms with E-state index >= 15 is 0 Å². The zero-order valence-corrected chi connectivity index (χ0v) is 7.97. The molecule has 76 valence electrons. The lowest BCUT2D eigenvalue weighted by molar-refractivity contribution is -0.109. The van der Waals surface area contributed by atoms with Crippen LogP contribution in [-0.4, -0.2) is 23.5 Å². The Morgan fingerprint density at radius 1 is 1.36 bits per heavy atom. The van der Waals surface area contributed by atoms with Crippen molar-refractivity contribution in [3.8, 4) is 0 Å². The van der Waals surface area contributed by atoms with E-state index in [-0.39, 0.29) is 12.5 Å². The van der Waals surface area contributed by atoms with Gasteiger partial charge in [-0.15, -0.1) is 0 Å². The van der Waals surface area contributed by atoms with Crippen LogP contribution < -0.4 is 5.73 Å². The molecule has 0 aliphatic rings. The molecule has 2 atom stereocenters. The highest BCUT2D eigenvalue weighted by molar-refractivity contribution is 5.50. The Kier molecular flexibility index (Phi) is 4.29. The van der Waals surface area contributed by atoms with Gasteiger partial charge in [-0.1, -0.05) is 30.3 Å². The molecule has 0 saturated heterocycles. The number of hydrogen-bond donors (Lipinski definition) is 2. The molecule has 0 aliphatic heterocycles. The first-order valence-corrected chi connectivity index (χ1v) is 4.65. The van der Waals surface area contributed by atoms with Gasteiger partial charge >= 0.3 is 0 Å². The monoisotopic (exact) mass is 193 g/mol. The molecule has 0 unspecified atom stereocenters. The standard InChI is InChI=1S/C11H15NO2/c12-10(11(14)6-7-13)8-9-4-2-1-3-5-9/h1-5,7,10-11,14H,6,8,12H2/t10-,11-/m0/s1. The lowest BCUT2D eigenvalue weighted by Crippen LogP contribution is -2.36. The van der Waals surface area contributed by atoms with Crippen molar-refractivity contribution >= 4 is 6.29 Å². The summed E-state index contributed by atoms with van der Waals surface area (Å²) in [5.41, 5.74) is 6.80. The summed E-state index contributed by atoms with van der Waals surface area (Å²) in [4.78, 5) is 10.2. The number of aliphatic hydroxyl groups is 1. The molecule has 0 radical (unpaired) electrons. The summed E-state index contributed by atoms with van der Waals surface area (Å²) in [7, 11) is 0. The van der Waals surface area contributed by atoms with E-state index in [4.69, 9.17) is 5.73 Å². The van der Waals surface area contributed by atoms with E-state index in [1.165, 1.54) is 0 Å². The van der Waals surface area contributed by atoms with Crippen LogP contribution in [0.2, 0.25) is 0 Å². The van der Waals surface area contributed by atoms with E-state index in [2.05, 4.69) is 0 Å². The summed E-state index contributed by atoms with van der Waals surface area (Å²) in [6, 6.07) is 9.31. The van der Waals surface area contributed by atoms with Crippen LogP contribution in [0.1, 0.15) is 12.0 Å². The molecule has 1 aromatic carbocycles. The van der Waals surface area contributed by atoms with E-state index in [1.54, 1.807) is 0 Å². The summed E-state index contributed by atoms with van der Waals surface area (Å²) in [5, 5.41) is 9.42. The first-order valence-electron chi connectivity index (χ1n) is 4.65. The van der Waals surface area contributed by atoms with Crippen LogP contribution in [0.15, 0.2) is 30.3 Å². The Bertz CT molecular complexity index is 274. The van der Waals surface area contributed by atoms with E-state index in [0.717, 1.165) is 5.56 Å². The van der Waals surface area contributed by atoms with Crippen molar-refractivity contribution in [1.29, 1.82) is 0 Å². The van der Waals surface area contributed by atoms with Crippen LogP contribution >= 0.6 is 0 Å². The van der Waals surface area contributed by atoms with Gasteiger partial charge < -0.3 is 15.6 Å². The molecule has 0 aromatic heterocycles. The Morgan fingerprint density at radius 2 is 2.00 bits per heavy atom. The number of rotatable bonds is 5. The maximum absolute atomic E-state index is 10.2. The molecule has 0 amide bonds. The topological polar surface area (TPSA) is 63.3 Å². The van der Waals surface area contributed by atoms with Gasteiger partial charge in [-0.05, 0) is 12.0 Å². The maximum atomic E-state index is 10.2. The molecule has 0 heterocycles. The minimum Gasteiger partial charge on any atom is -0.391 e. The number of carbonyl (C=O) groups is 1. The average molecular weight is 193 g/mol. The van der Waals surface area contributed by atoms with Gasteiger partial charge in [0.2, 0.25) is 0 Å². The second kappa shape index (κ2) is 5.52. The Morgan fingerprint density at radius 3 is 2.57 bits per heavy atom. The number of benzene rings is 1. The fraction of sp³-hybridized carbons (Fsp3) is 0.364. The van der Waals surface area contributed by atoms with Crippen LogP contribution in [0.25, 0.3) is 0 Å². The third kappa shape index (κ3) is 3.28. The van der Waals surface area contributed by atoms with Crippen molar-refractivity contribution < 1.29 is 9.90 Å². The van der Waals surface area contributed by atoms with E-state index in [0.29, 0.717) is 12.7 Å². The summed E-state index contributed by atoms with van der Waals surface area (Å²) in [5.74, 6) is 0. The van der Waals surface area contributed by atoms with E-state index in [1.807, 2.05) is 30.3 Å². The fourth-order valence-electron chi connectivity index (χ4n) is 1.30. The second-order valence-corrected chi connectivity index (χ2v) is 3.32. The first kappa shape index (κ1) is 10.9. The zero-order valence-electron chi connectivity index (χ0n) is 7.97. The van der Waals surface area contributed by atoms with Crippen LogP contribution in [0, 0.1) is 0 Å². The molecule has 0 spiro atoms. The van der Waals surface area contributed by atoms with Gasteiger partial charge in [-0.2, -0.15) is 0 Å². The highest BCUT2D eigenvalue weighted by atomic mass is 16.3. The normalized spacial score (nSPS) is 14.7. The lowest BCUT2D eigenvalue weighted by atomic mass is 10.0. The zero-order chi connectivity index (χ0) is 10.4. The maximum Gasteiger partial charge on any atom is 0.122 e. The molecule has 1 rings (SSSR count). The summed E-state index contributed by atoms with van der Waals surface area (Å²) in [6.45, 7) is 0. The third-order valence-corrected chi connectivity index (χ3v) is 2.15. The quantitative estimate of drug-likeness (QED) is 0.669. The average Bonchev–Trinajstić information content (AvgIpc) is 2.19. The van der Waals surface area contributed by atoms with E-state index in [9.17, 15) is 9.90 Å². The molecule has 3 N–H and O–H groups in total. The summed E-state index contributed by atoms with van der Waals surface area (Å²) >= 11 is 0. The van der Waals surface area contributed by atoms with Crippen LogP contribution in [0.5, 0.6) is 0 Å². The Hall–Kier alpha value is -1.19. The fourth-order valence-corrected chi connectivity index (χ4v) is 1.30. The van der Waals surface area contributed by atoms with Crippen molar-refractivity contribution in [2.75, 3.05) is 0 Å². The van der Waals surface area contributed by atoms with Crippen molar-refractivity contribution in [2.45, 2.75) is 25.0 Å². The summed E-state index contributed by atoms with van der Waals surface area (Å²) < 4.78 is 0. The van der Waals surface area contributed by atoms with Gasteiger partial charge in [0.05, 0.1) is 6.10 Å². The Balaban J connectivity index is 2.48. The Labute approximate surface area is 83.6 Å². The number of nitrogens with two attached hydrogens (primary N) is 1. The van der Waals surface area contributed by atoms with Crippen molar-refractivity contribution in [2.24, 2.45) is 5.73 Å². The molecule has 0 bridgehead atoms. The van der Waals surface area contributed by atoms with Crippen LogP contribution in [0.4, 0.5) is 0 Å². The number of aldehydes is 1. The van der Waals surface area contributed by atoms with Gasteiger partial charge in [0.25, 0.3) is 0 Å². The summed E-state index contributed by atoms with van der Waals surface area (Å²) in [6.07, 6.45) is 0.645. The van der Waals surface area contributed by atoms with Crippen molar-refractivity contribution in [3.05, 3.63) is 35.9 Å². The van der Waals surface area contributed by atoms with Crippen molar-refractivity contribution in [3.63, 3.8) is 0 Å². The van der Waals surface area contributed by atoms with Gasteiger partial charge in [0.15, 0.2) is 0 Å². The molecule has 3 heteroatoms. The van der Waals surface area contributed by atoms with Gasteiger partial charge in [0.1, 0.15) is 6.29 Å². The SMILES string of the molecule is N[C@@H](Cc1ccccc1)[C@@H](O)CC=O. The van der Waals surface area contributed by atoms with E-state index < -0.39 is 6.10 Å². The molecule has 1 aromatic rings. The number of carbonyl (C=O) groups excluding carboxylic acids is 1. The highest BCUT2D eigenvalue weighted by Gasteiger charge is 2.14. The minimum absolute atomic E-state index is 0.105. The van der Waals surface area contributed by atoms with Gasteiger partial charge in [0, 0.05) is 12.5 Å². The largest absolute Gasteiger partial charge is 0.391 e. The molecular formula is C11H15NO2. The molecule has 0 aliphatic carbocycles.